The lowest BCUT2D eigenvalue weighted by molar-refractivity contribution is 0.162. The summed E-state index contributed by atoms with van der Waals surface area (Å²) >= 11 is 0. The SMILES string of the molecule is CCOCCS(=O)(=O)N1CCC[C@@H](N)C1.Cl. The summed E-state index contributed by atoms with van der Waals surface area (Å²) in [6, 6.07) is -0.0133. The van der Waals surface area contributed by atoms with Crippen molar-refractivity contribution >= 4 is 22.4 Å². The highest BCUT2D eigenvalue weighted by atomic mass is 35.5. The minimum Gasteiger partial charge on any atom is -0.381 e. The van der Waals surface area contributed by atoms with Crippen molar-refractivity contribution in [3.05, 3.63) is 0 Å². The molecule has 0 radical (unpaired) electrons. The molecule has 2 N–H and O–H groups in total. The Bertz CT molecular complexity index is 284. The van der Waals surface area contributed by atoms with Gasteiger partial charge in [0.1, 0.15) is 0 Å². The Balaban J connectivity index is 0.00000225. The minimum atomic E-state index is -3.16. The van der Waals surface area contributed by atoms with Crippen LogP contribution in [0.3, 0.4) is 0 Å². The molecule has 1 aliphatic heterocycles. The maximum absolute atomic E-state index is 11.8. The number of halogens is 1. The fraction of sp³-hybridized carbons (Fsp3) is 1.00. The van der Waals surface area contributed by atoms with Gasteiger partial charge in [-0.3, -0.25) is 0 Å². The summed E-state index contributed by atoms with van der Waals surface area (Å²) in [6.45, 7) is 3.72. The molecule has 0 unspecified atom stereocenters. The number of nitrogens with two attached hydrogens (primary N) is 1. The van der Waals surface area contributed by atoms with E-state index in [4.69, 9.17) is 10.5 Å². The minimum absolute atomic E-state index is 0. The van der Waals surface area contributed by atoms with Gasteiger partial charge in [0.05, 0.1) is 12.4 Å². The molecule has 0 bridgehead atoms. The molecule has 1 fully saturated rings. The summed E-state index contributed by atoms with van der Waals surface area (Å²) in [5, 5.41) is 0. The topological polar surface area (TPSA) is 72.6 Å². The molecular weight excluding hydrogens is 252 g/mol. The van der Waals surface area contributed by atoms with E-state index in [0.29, 0.717) is 19.7 Å². The van der Waals surface area contributed by atoms with Crippen LogP contribution in [0.2, 0.25) is 0 Å². The van der Waals surface area contributed by atoms with Gasteiger partial charge < -0.3 is 10.5 Å². The van der Waals surface area contributed by atoms with E-state index in [0.717, 1.165) is 12.8 Å². The molecule has 0 aromatic rings. The Morgan fingerprint density at radius 1 is 1.50 bits per heavy atom. The van der Waals surface area contributed by atoms with Gasteiger partial charge in [-0.05, 0) is 19.8 Å². The molecular formula is C9H21ClN2O3S. The van der Waals surface area contributed by atoms with Crippen LogP contribution in [-0.4, -0.2) is 50.8 Å². The van der Waals surface area contributed by atoms with Crippen LogP contribution in [0.5, 0.6) is 0 Å². The van der Waals surface area contributed by atoms with E-state index < -0.39 is 10.0 Å². The van der Waals surface area contributed by atoms with Crippen LogP contribution in [0.15, 0.2) is 0 Å². The molecule has 1 aliphatic rings. The first kappa shape index (κ1) is 16.1. The predicted octanol–water partition coefficient (Wildman–Crippen LogP) is 0.198. The van der Waals surface area contributed by atoms with Crippen LogP contribution in [0, 0.1) is 0 Å². The number of sulfonamides is 1. The van der Waals surface area contributed by atoms with Crippen molar-refractivity contribution in [2.75, 3.05) is 32.1 Å². The van der Waals surface area contributed by atoms with Crippen LogP contribution < -0.4 is 5.73 Å². The van der Waals surface area contributed by atoms with Gasteiger partial charge in [0.2, 0.25) is 10.0 Å². The number of rotatable bonds is 5. The molecule has 0 aliphatic carbocycles. The van der Waals surface area contributed by atoms with Gasteiger partial charge in [0.25, 0.3) is 0 Å². The first-order chi connectivity index (χ1) is 7.06. The third-order valence-corrected chi connectivity index (χ3v) is 4.30. The molecule has 5 nitrogen and oxygen atoms in total. The molecule has 0 aromatic carbocycles. The first-order valence-corrected chi connectivity index (χ1v) is 6.98. The van der Waals surface area contributed by atoms with E-state index >= 15 is 0 Å². The normalized spacial score (nSPS) is 22.8. The van der Waals surface area contributed by atoms with Crippen molar-refractivity contribution in [3.63, 3.8) is 0 Å². The largest absolute Gasteiger partial charge is 0.381 e. The van der Waals surface area contributed by atoms with Crippen molar-refractivity contribution in [3.8, 4) is 0 Å². The molecule has 0 amide bonds. The van der Waals surface area contributed by atoms with Crippen molar-refractivity contribution < 1.29 is 13.2 Å². The Morgan fingerprint density at radius 2 is 2.19 bits per heavy atom. The molecule has 1 rings (SSSR count). The van der Waals surface area contributed by atoms with Gasteiger partial charge in [-0.15, -0.1) is 12.4 Å². The van der Waals surface area contributed by atoms with Crippen LogP contribution in [0.1, 0.15) is 19.8 Å². The third-order valence-electron chi connectivity index (χ3n) is 2.50. The molecule has 16 heavy (non-hydrogen) atoms. The zero-order valence-electron chi connectivity index (χ0n) is 9.59. The zero-order valence-corrected chi connectivity index (χ0v) is 11.2. The zero-order chi connectivity index (χ0) is 11.3. The Hall–Kier alpha value is 0.120. The Labute approximate surface area is 104 Å². The second-order valence-electron chi connectivity index (χ2n) is 3.77. The second-order valence-corrected chi connectivity index (χ2v) is 5.86. The monoisotopic (exact) mass is 272 g/mol. The first-order valence-electron chi connectivity index (χ1n) is 5.37. The van der Waals surface area contributed by atoms with E-state index in [1.165, 1.54) is 4.31 Å². The maximum Gasteiger partial charge on any atom is 0.216 e. The van der Waals surface area contributed by atoms with Crippen LogP contribution >= 0.6 is 12.4 Å². The fourth-order valence-corrected chi connectivity index (χ4v) is 3.08. The van der Waals surface area contributed by atoms with E-state index in [9.17, 15) is 8.42 Å². The quantitative estimate of drug-likeness (QED) is 0.726. The van der Waals surface area contributed by atoms with E-state index in [-0.39, 0.29) is 30.8 Å². The molecule has 0 aromatic heterocycles. The number of ether oxygens (including phenoxy) is 1. The van der Waals surface area contributed by atoms with Crippen LogP contribution in [-0.2, 0) is 14.8 Å². The second kappa shape index (κ2) is 7.45. The lowest BCUT2D eigenvalue weighted by Crippen LogP contribution is -2.46. The molecule has 1 saturated heterocycles. The summed E-state index contributed by atoms with van der Waals surface area (Å²) in [6.07, 6.45) is 1.77. The molecule has 98 valence electrons. The molecule has 1 heterocycles. The van der Waals surface area contributed by atoms with Gasteiger partial charge in [-0.1, -0.05) is 0 Å². The molecule has 0 saturated carbocycles. The van der Waals surface area contributed by atoms with Crippen molar-refractivity contribution in [2.45, 2.75) is 25.8 Å². The molecule has 1 atom stereocenters. The summed E-state index contributed by atoms with van der Waals surface area (Å²) in [4.78, 5) is 0. The Kier molecular flexibility index (Phi) is 7.50. The number of hydrogen-bond acceptors (Lipinski definition) is 4. The van der Waals surface area contributed by atoms with Crippen molar-refractivity contribution in [2.24, 2.45) is 5.73 Å². The summed E-state index contributed by atoms with van der Waals surface area (Å²) in [5.41, 5.74) is 5.74. The Morgan fingerprint density at radius 3 is 2.75 bits per heavy atom. The van der Waals surface area contributed by atoms with Gasteiger partial charge in [0.15, 0.2) is 0 Å². The average molecular weight is 273 g/mol. The number of piperidine rings is 1. The van der Waals surface area contributed by atoms with Crippen molar-refractivity contribution in [1.82, 2.24) is 4.31 Å². The van der Waals surface area contributed by atoms with E-state index in [1.54, 1.807) is 0 Å². The predicted molar refractivity (Wildman–Crippen MR) is 66.3 cm³/mol. The third kappa shape index (κ3) is 4.97. The summed E-state index contributed by atoms with van der Waals surface area (Å²) < 4.78 is 30.1. The smallest absolute Gasteiger partial charge is 0.216 e. The molecule has 0 spiro atoms. The standard InChI is InChI=1S/C9H20N2O3S.ClH/c1-2-14-6-7-15(12,13)11-5-3-4-9(10)8-11;/h9H,2-8,10H2,1H3;1H/t9-;/m1./s1. The van der Waals surface area contributed by atoms with Gasteiger partial charge in [-0.2, -0.15) is 0 Å². The van der Waals surface area contributed by atoms with E-state index in [2.05, 4.69) is 0 Å². The van der Waals surface area contributed by atoms with E-state index in [1.807, 2.05) is 6.92 Å². The van der Waals surface area contributed by atoms with Crippen molar-refractivity contribution in [1.29, 1.82) is 0 Å². The molecule has 7 heteroatoms. The summed E-state index contributed by atoms with van der Waals surface area (Å²) in [5.74, 6) is 0.0631. The number of hydrogen-bond donors (Lipinski definition) is 1. The lowest BCUT2D eigenvalue weighted by atomic mass is 10.1. The number of nitrogens with zero attached hydrogens (tertiary/aromatic N) is 1. The highest BCUT2D eigenvalue weighted by Gasteiger charge is 2.26. The average Bonchev–Trinajstić information content (AvgIpc) is 2.18. The summed E-state index contributed by atoms with van der Waals surface area (Å²) in [7, 11) is -3.16. The maximum atomic E-state index is 11.8. The fourth-order valence-electron chi connectivity index (χ4n) is 1.66. The highest BCUT2D eigenvalue weighted by molar-refractivity contribution is 7.89. The highest BCUT2D eigenvalue weighted by Crippen LogP contribution is 2.12. The van der Waals surface area contributed by atoms with Gasteiger partial charge in [-0.25, -0.2) is 12.7 Å². The lowest BCUT2D eigenvalue weighted by Gasteiger charge is -2.29. The van der Waals surface area contributed by atoms with Gasteiger partial charge in [0, 0.05) is 25.7 Å². The van der Waals surface area contributed by atoms with Crippen LogP contribution in [0.25, 0.3) is 0 Å². The van der Waals surface area contributed by atoms with Gasteiger partial charge >= 0.3 is 0 Å². The van der Waals surface area contributed by atoms with Crippen LogP contribution in [0.4, 0.5) is 0 Å².